The van der Waals surface area contributed by atoms with E-state index in [-0.39, 0.29) is 11.1 Å². The van der Waals surface area contributed by atoms with Crippen LogP contribution < -0.4 is 5.32 Å². The van der Waals surface area contributed by atoms with Crippen LogP contribution >= 0.6 is 11.8 Å². The second-order valence-corrected chi connectivity index (χ2v) is 6.51. The van der Waals surface area contributed by atoms with E-state index in [1.165, 1.54) is 0 Å². The zero-order valence-electron chi connectivity index (χ0n) is 13.1. The largest absolute Gasteiger partial charge is 0.457 e. The number of amides is 2. The number of carbonyl (C=O) groups is 2. The maximum Gasteiger partial charge on any atom is 0.290 e. The Bertz CT molecular complexity index is 972. The molecule has 1 aromatic heterocycles. The number of thioether (sulfide) groups is 1. The van der Waals surface area contributed by atoms with Gasteiger partial charge in [0.25, 0.3) is 11.1 Å². The van der Waals surface area contributed by atoms with Gasteiger partial charge in [-0.05, 0) is 35.0 Å². The smallest absolute Gasteiger partial charge is 0.290 e. The van der Waals surface area contributed by atoms with E-state index in [0.29, 0.717) is 16.4 Å². The molecule has 1 N–H and O–H groups in total. The van der Waals surface area contributed by atoms with Crippen molar-refractivity contribution in [2.24, 2.45) is 0 Å². The Kier molecular flexibility index (Phi) is 3.99. The van der Waals surface area contributed by atoms with Crippen LogP contribution in [-0.2, 0) is 4.79 Å². The zero-order valence-corrected chi connectivity index (χ0v) is 13.9. The topological polar surface area (TPSA) is 59.3 Å². The van der Waals surface area contributed by atoms with Gasteiger partial charge in [-0.25, -0.2) is 0 Å². The summed E-state index contributed by atoms with van der Waals surface area (Å²) in [6.07, 6.45) is 1.58. The van der Waals surface area contributed by atoms with Crippen LogP contribution in [0.4, 0.5) is 4.79 Å². The van der Waals surface area contributed by atoms with Gasteiger partial charge in [0.05, 0.1) is 4.91 Å². The van der Waals surface area contributed by atoms with Crippen LogP contribution in [-0.4, -0.2) is 11.1 Å². The lowest BCUT2D eigenvalue weighted by Crippen LogP contribution is -2.17. The van der Waals surface area contributed by atoms with Crippen LogP contribution in [0, 0.1) is 0 Å². The monoisotopic (exact) mass is 347 g/mol. The van der Waals surface area contributed by atoms with E-state index >= 15 is 0 Å². The minimum atomic E-state index is -0.389. The molecule has 25 heavy (non-hydrogen) atoms. The summed E-state index contributed by atoms with van der Waals surface area (Å²) in [5, 5.41) is 1.86. The van der Waals surface area contributed by atoms with Gasteiger partial charge in [-0.15, -0.1) is 0 Å². The molecule has 0 bridgehead atoms. The van der Waals surface area contributed by atoms with Gasteiger partial charge >= 0.3 is 0 Å². The molecule has 1 aliphatic rings. The highest BCUT2D eigenvalue weighted by Crippen LogP contribution is 2.29. The van der Waals surface area contributed by atoms with Crippen molar-refractivity contribution in [2.75, 3.05) is 0 Å². The lowest BCUT2D eigenvalue weighted by molar-refractivity contribution is -0.115. The fraction of sp³-hybridized carbons (Fsp3) is 0. The molecule has 0 unspecified atom stereocenters. The molecule has 3 aromatic rings. The molecule has 4 rings (SSSR count). The van der Waals surface area contributed by atoms with Crippen molar-refractivity contribution in [3.05, 3.63) is 77.4 Å². The summed E-state index contributed by atoms with van der Waals surface area (Å²) < 4.78 is 5.78. The van der Waals surface area contributed by atoms with Crippen molar-refractivity contribution < 1.29 is 14.0 Å². The Morgan fingerprint density at radius 1 is 0.800 bits per heavy atom. The molecule has 0 saturated carbocycles. The minimum absolute atomic E-state index is 0.338. The lowest BCUT2D eigenvalue weighted by Gasteiger charge is -2.02. The maximum absolute atomic E-state index is 11.6. The first-order chi connectivity index (χ1) is 12.2. The first-order valence-electron chi connectivity index (χ1n) is 7.69. The molecule has 2 aromatic carbocycles. The molecule has 122 valence electrons. The molecule has 0 radical (unpaired) electrons. The molecular weight excluding hydrogens is 334 g/mol. The molecule has 0 aliphatic carbocycles. The number of hydrogen-bond acceptors (Lipinski definition) is 4. The van der Waals surface area contributed by atoms with Gasteiger partial charge in [-0.2, -0.15) is 0 Å². The maximum atomic E-state index is 11.6. The summed E-state index contributed by atoms with van der Waals surface area (Å²) in [5.74, 6) is 0.857. The molecular formula is C20H13NO3S. The summed E-state index contributed by atoms with van der Waals surface area (Å²) in [6, 6.07) is 21.9. The third kappa shape index (κ3) is 3.27. The highest BCUT2D eigenvalue weighted by atomic mass is 32.2. The fourth-order valence-electron chi connectivity index (χ4n) is 2.59. The third-order valence-corrected chi connectivity index (χ3v) is 4.63. The van der Waals surface area contributed by atoms with E-state index in [0.717, 1.165) is 28.5 Å². The Morgan fingerprint density at radius 2 is 1.48 bits per heavy atom. The highest BCUT2D eigenvalue weighted by molar-refractivity contribution is 8.18. The highest BCUT2D eigenvalue weighted by Gasteiger charge is 2.25. The number of nitrogens with one attached hydrogen (secondary N) is 1. The minimum Gasteiger partial charge on any atom is -0.457 e. The van der Waals surface area contributed by atoms with Crippen LogP contribution in [0.15, 0.2) is 76.1 Å². The van der Waals surface area contributed by atoms with E-state index in [9.17, 15) is 9.59 Å². The standard InChI is InChI=1S/C20H13NO3S/c22-19-18(25-20(23)21-19)12-16-10-11-17(24-16)15-8-6-14(7-9-15)13-4-2-1-3-5-13/h1-12H,(H,21,22,23)/b18-12+. The summed E-state index contributed by atoms with van der Waals surface area (Å²) in [4.78, 5) is 23.1. The van der Waals surface area contributed by atoms with E-state index in [1.54, 1.807) is 12.1 Å². The normalized spacial score (nSPS) is 15.6. The Labute approximate surface area is 148 Å². The Morgan fingerprint density at radius 3 is 2.16 bits per heavy atom. The van der Waals surface area contributed by atoms with Crippen molar-refractivity contribution in [1.29, 1.82) is 0 Å². The van der Waals surface area contributed by atoms with Crippen LogP contribution in [0.3, 0.4) is 0 Å². The number of benzene rings is 2. The zero-order chi connectivity index (χ0) is 17.2. The summed E-state index contributed by atoms with van der Waals surface area (Å²) >= 11 is 0.875. The number of furan rings is 1. The van der Waals surface area contributed by atoms with Crippen LogP contribution in [0.1, 0.15) is 5.76 Å². The molecule has 4 nitrogen and oxygen atoms in total. The molecule has 1 aliphatic heterocycles. The first-order valence-corrected chi connectivity index (χ1v) is 8.51. The van der Waals surface area contributed by atoms with Gasteiger partial charge in [0.2, 0.25) is 0 Å². The van der Waals surface area contributed by atoms with Crippen molar-refractivity contribution in [2.45, 2.75) is 0 Å². The molecule has 1 fully saturated rings. The van der Waals surface area contributed by atoms with Gasteiger partial charge in [-0.3, -0.25) is 14.9 Å². The van der Waals surface area contributed by atoms with E-state index in [4.69, 9.17) is 4.42 Å². The van der Waals surface area contributed by atoms with Crippen LogP contribution in [0.25, 0.3) is 28.5 Å². The SMILES string of the molecule is O=C1NC(=O)/C(=C\c2ccc(-c3ccc(-c4ccccc4)cc3)o2)S1. The van der Waals surface area contributed by atoms with Crippen LogP contribution in [0.2, 0.25) is 0 Å². The Balaban J connectivity index is 1.57. The molecule has 1 saturated heterocycles. The van der Waals surface area contributed by atoms with Gasteiger partial charge in [0.1, 0.15) is 11.5 Å². The Hall–Kier alpha value is -3.05. The lowest BCUT2D eigenvalue weighted by atomic mass is 10.0. The predicted octanol–water partition coefficient (Wildman–Crippen LogP) is 4.94. The van der Waals surface area contributed by atoms with Crippen molar-refractivity contribution in [1.82, 2.24) is 5.32 Å². The van der Waals surface area contributed by atoms with Crippen molar-refractivity contribution in [3.63, 3.8) is 0 Å². The van der Waals surface area contributed by atoms with E-state index in [1.807, 2.05) is 48.5 Å². The molecule has 2 amide bonds. The number of rotatable bonds is 3. The van der Waals surface area contributed by atoms with Gasteiger partial charge < -0.3 is 4.42 Å². The fourth-order valence-corrected chi connectivity index (χ4v) is 3.26. The average Bonchev–Trinajstić information content (AvgIpc) is 3.22. The quantitative estimate of drug-likeness (QED) is 0.682. The average molecular weight is 347 g/mol. The number of carbonyl (C=O) groups excluding carboxylic acids is 2. The first kappa shape index (κ1) is 15.5. The van der Waals surface area contributed by atoms with E-state index < -0.39 is 0 Å². The van der Waals surface area contributed by atoms with Gasteiger partial charge in [-0.1, -0.05) is 54.6 Å². The second-order valence-electron chi connectivity index (χ2n) is 5.50. The van der Waals surface area contributed by atoms with Gasteiger partial charge in [0, 0.05) is 11.6 Å². The second kappa shape index (κ2) is 6.45. The van der Waals surface area contributed by atoms with E-state index in [2.05, 4.69) is 17.4 Å². The number of imide groups is 1. The molecule has 2 heterocycles. The molecule has 0 atom stereocenters. The molecule has 5 heteroatoms. The third-order valence-electron chi connectivity index (χ3n) is 3.82. The van der Waals surface area contributed by atoms with Crippen molar-refractivity contribution >= 4 is 29.0 Å². The predicted molar refractivity (Wildman–Crippen MR) is 98.7 cm³/mol. The summed E-state index contributed by atoms with van der Waals surface area (Å²) in [5.41, 5.74) is 3.24. The van der Waals surface area contributed by atoms with Crippen molar-refractivity contribution in [3.8, 4) is 22.5 Å². The van der Waals surface area contributed by atoms with Gasteiger partial charge in [0.15, 0.2) is 0 Å². The summed E-state index contributed by atoms with van der Waals surface area (Å²) in [6.45, 7) is 0. The summed E-state index contributed by atoms with van der Waals surface area (Å²) in [7, 11) is 0. The number of hydrogen-bond donors (Lipinski definition) is 1. The van der Waals surface area contributed by atoms with Crippen LogP contribution in [0.5, 0.6) is 0 Å². The molecule has 0 spiro atoms.